The van der Waals surface area contributed by atoms with E-state index in [9.17, 15) is 4.79 Å². The molecule has 0 spiro atoms. The number of rotatable bonds is 16. The lowest BCUT2D eigenvalue weighted by Crippen LogP contribution is -2.06. The largest absolute Gasteiger partial charge is 0.462 e. The molecule has 2 heteroatoms. The number of carbonyl (C=O) groups is 1. The van der Waals surface area contributed by atoms with Crippen molar-refractivity contribution in [1.29, 1.82) is 0 Å². The molecule has 1 aliphatic rings. The van der Waals surface area contributed by atoms with E-state index in [-0.39, 0.29) is 12.1 Å². The lowest BCUT2D eigenvalue weighted by Gasteiger charge is -2.08. The van der Waals surface area contributed by atoms with Crippen molar-refractivity contribution in [2.45, 2.75) is 122 Å². The van der Waals surface area contributed by atoms with Gasteiger partial charge in [0.2, 0.25) is 0 Å². The molecule has 1 fully saturated rings. The Balaban J connectivity index is 1.72. The first-order chi connectivity index (χ1) is 11.8. The molecule has 0 radical (unpaired) electrons. The van der Waals surface area contributed by atoms with Gasteiger partial charge in [-0.25, -0.2) is 0 Å². The van der Waals surface area contributed by atoms with Crippen molar-refractivity contribution in [3.63, 3.8) is 0 Å². The number of esters is 1. The molecule has 0 aromatic rings. The Morgan fingerprint density at radius 3 is 1.92 bits per heavy atom. The molecule has 0 aromatic carbocycles. The predicted octanol–water partition coefficient (Wildman–Crippen LogP) is 7.12. The van der Waals surface area contributed by atoms with Crippen LogP contribution in [-0.4, -0.2) is 12.1 Å². The highest BCUT2D eigenvalue weighted by atomic mass is 16.5. The van der Waals surface area contributed by atoms with Crippen LogP contribution in [0.2, 0.25) is 0 Å². The summed E-state index contributed by atoms with van der Waals surface area (Å²) in [5.41, 5.74) is 0. The van der Waals surface area contributed by atoms with E-state index in [4.69, 9.17) is 4.74 Å². The van der Waals surface area contributed by atoms with Crippen LogP contribution in [0.1, 0.15) is 116 Å². The summed E-state index contributed by atoms with van der Waals surface area (Å²) in [5, 5.41) is 0. The van der Waals surface area contributed by atoms with Gasteiger partial charge in [-0.1, -0.05) is 76.9 Å². The van der Waals surface area contributed by atoms with Gasteiger partial charge >= 0.3 is 5.97 Å². The molecule has 1 saturated heterocycles. The van der Waals surface area contributed by atoms with E-state index >= 15 is 0 Å². The van der Waals surface area contributed by atoms with Crippen LogP contribution in [0.25, 0.3) is 0 Å². The maximum Gasteiger partial charge on any atom is 0.306 e. The second-order valence-corrected chi connectivity index (χ2v) is 7.38. The van der Waals surface area contributed by atoms with Crippen LogP contribution in [0.4, 0.5) is 0 Å². The zero-order valence-corrected chi connectivity index (χ0v) is 16.1. The van der Waals surface area contributed by atoms with Crippen LogP contribution in [0.5, 0.6) is 0 Å². The van der Waals surface area contributed by atoms with Gasteiger partial charge in [0.25, 0.3) is 0 Å². The van der Waals surface area contributed by atoms with Gasteiger partial charge in [0.1, 0.15) is 6.10 Å². The van der Waals surface area contributed by atoms with E-state index in [2.05, 4.69) is 19.1 Å². The summed E-state index contributed by atoms with van der Waals surface area (Å²) in [6.45, 7) is 2.28. The number of allylic oxidation sites excluding steroid dienone is 2. The molecular formula is C22H40O2. The molecule has 0 aromatic heterocycles. The van der Waals surface area contributed by atoms with Crippen molar-refractivity contribution in [1.82, 2.24) is 0 Å². The highest BCUT2D eigenvalue weighted by Crippen LogP contribution is 2.20. The Morgan fingerprint density at radius 1 is 0.833 bits per heavy atom. The predicted molar refractivity (Wildman–Crippen MR) is 103 cm³/mol. The Hall–Kier alpha value is -0.790. The molecule has 1 aliphatic heterocycles. The third-order valence-electron chi connectivity index (χ3n) is 5.01. The van der Waals surface area contributed by atoms with Gasteiger partial charge in [0.15, 0.2) is 0 Å². The fourth-order valence-corrected chi connectivity index (χ4v) is 3.41. The standard InChI is InChI=1S/C22H40O2/c1-2-3-4-5-6-7-8-9-10-11-12-13-14-15-16-17-18-21-19-20-22(23)24-21/h9-10,21H,2-8,11-20H2,1H3/b10-9-. The monoisotopic (exact) mass is 336 g/mol. The highest BCUT2D eigenvalue weighted by molar-refractivity contribution is 5.71. The van der Waals surface area contributed by atoms with E-state index in [1.165, 1.54) is 89.9 Å². The van der Waals surface area contributed by atoms with Crippen molar-refractivity contribution in [3.05, 3.63) is 12.2 Å². The summed E-state index contributed by atoms with van der Waals surface area (Å²) in [4.78, 5) is 11.0. The Bertz CT molecular complexity index is 322. The number of hydrogen-bond acceptors (Lipinski definition) is 2. The average Bonchev–Trinajstić information content (AvgIpc) is 3.00. The van der Waals surface area contributed by atoms with Crippen molar-refractivity contribution in [2.75, 3.05) is 0 Å². The second kappa shape index (κ2) is 15.7. The van der Waals surface area contributed by atoms with E-state index in [0.717, 1.165) is 12.8 Å². The summed E-state index contributed by atoms with van der Waals surface area (Å²) < 4.78 is 5.24. The van der Waals surface area contributed by atoms with Gasteiger partial charge in [-0.3, -0.25) is 4.79 Å². The Labute approximate surface area is 150 Å². The second-order valence-electron chi connectivity index (χ2n) is 7.38. The fourth-order valence-electron chi connectivity index (χ4n) is 3.41. The van der Waals surface area contributed by atoms with E-state index in [1.807, 2.05) is 0 Å². The highest BCUT2D eigenvalue weighted by Gasteiger charge is 2.22. The Kier molecular flexibility index (Phi) is 13.9. The van der Waals surface area contributed by atoms with Gasteiger partial charge in [0, 0.05) is 6.42 Å². The maximum atomic E-state index is 11.0. The first-order valence-corrected chi connectivity index (χ1v) is 10.7. The lowest BCUT2D eigenvalue weighted by molar-refractivity contribution is -0.141. The minimum absolute atomic E-state index is 0.00421. The minimum Gasteiger partial charge on any atom is -0.462 e. The van der Waals surface area contributed by atoms with Crippen LogP contribution in [0.3, 0.4) is 0 Å². The van der Waals surface area contributed by atoms with Gasteiger partial charge in [-0.15, -0.1) is 0 Å². The summed E-state index contributed by atoms with van der Waals surface area (Å²) in [6.07, 6.45) is 26.5. The van der Waals surface area contributed by atoms with Gasteiger partial charge < -0.3 is 4.74 Å². The third kappa shape index (κ3) is 12.6. The SMILES string of the molecule is CCCCCCCC/C=C\CCCCCCCCC1CCC(=O)O1. The summed E-state index contributed by atoms with van der Waals surface area (Å²) in [7, 11) is 0. The van der Waals surface area contributed by atoms with Crippen molar-refractivity contribution >= 4 is 5.97 Å². The van der Waals surface area contributed by atoms with Crippen molar-refractivity contribution in [3.8, 4) is 0 Å². The molecule has 0 amide bonds. The number of carbonyl (C=O) groups excluding carboxylic acids is 1. The molecule has 1 atom stereocenters. The normalized spacial score (nSPS) is 17.7. The number of cyclic esters (lactones) is 1. The van der Waals surface area contributed by atoms with Crippen LogP contribution < -0.4 is 0 Å². The molecule has 0 N–H and O–H groups in total. The minimum atomic E-state index is 0.00421. The first kappa shape index (κ1) is 21.3. The molecule has 24 heavy (non-hydrogen) atoms. The summed E-state index contributed by atoms with van der Waals surface area (Å²) in [5.74, 6) is 0.00421. The molecule has 1 heterocycles. The summed E-state index contributed by atoms with van der Waals surface area (Å²) in [6, 6.07) is 0. The van der Waals surface area contributed by atoms with Gasteiger partial charge in [0.05, 0.1) is 0 Å². The van der Waals surface area contributed by atoms with E-state index < -0.39 is 0 Å². The van der Waals surface area contributed by atoms with Crippen molar-refractivity contribution < 1.29 is 9.53 Å². The fraction of sp³-hybridized carbons (Fsp3) is 0.864. The topological polar surface area (TPSA) is 26.3 Å². The average molecular weight is 337 g/mol. The molecule has 1 rings (SSSR count). The molecule has 0 bridgehead atoms. The van der Waals surface area contributed by atoms with Crippen LogP contribution >= 0.6 is 0 Å². The van der Waals surface area contributed by atoms with Crippen LogP contribution in [-0.2, 0) is 9.53 Å². The molecule has 140 valence electrons. The smallest absolute Gasteiger partial charge is 0.306 e. The molecule has 0 aliphatic carbocycles. The van der Waals surface area contributed by atoms with E-state index in [0.29, 0.717) is 6.42 Å². The van der Waals surface area contributed by atoms with E-state index in [1.54, 1.807) is 0 Å². The number of unbranched alkanes of at least 4 members (excludes halogenated alkanes) is 12. The Morgan fingerprint density at radius 2 is 1.38 bits per heavy atom. The zero-order chi connectivity index (χ0) is 17.3. The van der Waals surface area contributed by atoms with Gasteiger partial charge in [-0.05, 0) is 44.9 Å². The molecule has 0 saturated carbocycles. The third-order valence-corrected chi connectivity index (χ3v) is 5.01. The molecule has 2 nitrogen and oxygen atoms in total. The number of ether oxygens (including phenoxy) is 1. The maximum absolute atomic E-state index is 11.0. The van der Waals surface area contributed by atoms with Crippen LogP contribution in [0, 0.1) is 0 Å². The summed E-state index contributed by atoms with van der Waals surface area (Å²) >= 11 is 0. The van der Waals surface area contributed by atoms with Gasteiger partial charge in [-0.2, -0.15) is 0 Å². The molecular weight excluding hydrogens is 296 g/mol. The van der Waals surface area contributed by atoms with Crippen molar-refractivity contribution in [2.24, 2.45) is 0 Å². The molecule has 1 unspecified atom stereocenters. The lowest BCUT2D eigenvalue weighted by atomic mass is 10.0. The number of hydrogen-bond donors (Lipinski definition) is 0. The zero-order valence-electron chi connectivity index (χ0n) is 16.1. The quantitative estimate of drug-likeness (QED) is 0.170. The van der Waals surface area contributed by atoms with Crippen LogP contribution in [0.15, 0.2) is 12.2 Å². The first-order valence-electron chi connectivity index (χ1n) is 10.7.